The Labute approximate surface area is 114 Å². The third-order valence-electron chi connectivity index (χ3n) is 2.84. The fourth-order valence-corrected chi connectivity index (χ4v) is 1.68. The van der Waals surface area contributed by atoms with Crippen LogP contribution in [0.5, 0.6) is 0 Å². The zero-order valence-corrected chi connectivity index (χ0v) is 11.3. The highest BCUT2D eigenvalue weighted by atomic mass is 16.6. The first-order valence-electron chi connectivity index (χ1n) is 5.78. The van der Waals surface area contributed by atoms with Crippen LogP contribution in [0.15, 0.2) is 12.1 Å². The molecule has 0 saturated carbocycles. The highest BCUT2D eigenvalue weighted by molar-refractivity contribution is 5.91. The third-order valence-corrected chi connectivity index (χ3v) is 2.84. The summed E-state index contributed by atoms with van der Waals surface area (Å²) >= 11 is 0. The predicted octanol–water partition coefficient (Wildman–Crippen LogP) is 1.15. The number of carboxylic acid groups (broad SMARTS) is 1. The lowest BCUT2D eigenvalue weighted by molar-refractivity contribution is -0.385. The van der Waals surface area contributed by atoms with E-state index >= 15 is 0 Å². The Morgan fingerprint density at radius 1 is 1.40 bits per heavy atom. The molecule has 0 aliphatic rings. The molecule has 0 aliphatic heterocycles. The highest BCUT2D eigenvalue weighted by Gasteiger charge is 2.21. The lowest BCUT2D eigenvalue weighted by atomic mass is 10.1. The molecule has 8 heteroatoms. The molecular weight excluding hydrogens is 266 g/mol. The van der Waals surface area contributed by atoms with E-state index in [1.54, 1.807) is 6.92 Å². The van der Waals surface area contributed by atoms with Crippen molar-refractivity contribution >= 4 is 23.3 Å². The summed E-state index contributed by atoms with van der Waals surface area (Å²) in [6.07, 6.45) is 0. The molecule has 1 amide bonds. The van der Waals surface area contributed by atoms with Gasteiger partial charge in [0, 0.05) is 24.4 Å². The maximum absolute atomic E-state index is 11.4. The highest BCUT2D eigenvalue weighted by Crippen LogP contribution is 2.28. The minimum Gasteiger partial charge on any atom is -0.478 e. The molecule has 0 bridgehead atoms. The Balaban J connectivity index is 3.27. The third kappa shape index (κ3) is 3.22. The van der Waals surface area contributed by atoms with E-state index in [2.05, 4.69) is 10.6 Å². The van der Waals surface area contributed by atoms with Crippen molar-refractivity contribution in [1.29, 1.82) is 0 Å². The number of anilines is 1. The van der Waals surface area contributed by atoms with Gasteiger partial charge in [-0.3, -0.25) is 14.9 Å². The van der Waals surface area contributed by atoms with Crippen LogP contribution >= 0.6 is 0 Å². The standard InChI is InChI=1S/C12H15N3O5/c1-6-9(14-7(2)11(16)13-3)4-8(12(17)18)5-10(6)15(19)20/h4-5,7,14H,1-3H3,(H,13,16)(H,17,18). The molecule has 3 N–H and O–H groups in total. The first kappa shape index (κ1) is 15.4. The Hall–Kier alpha value is -2.64. The number of hydrogen-bond acceptors (Lipinski definition) is 5. The molecule has 0 radical (unpaired) electrons. The Morgan fingerprint density at radius 3 is 2.45 bits per heavy atom. The van der Waals surface area contributed by atoms with Crippen LogP contribution in [0.4, 0.5) is 11.4 Å². The summed E-state index contributed by atoms with van der Waals surface area (Å²) in [4.78, 5) is 32.7. The molecule has 1 aromatic rings. The average molecular weight is 281 g/mol. The number of rotatable bonds is 5. The monoisotopic (exact) mass is 281 g/mol. The van der Waals surface area contributed by atoms with Crippen molar-refractivity contribution in [3.63, 3.8) is 0 Å². The van der Waals surface area contributed by atoms with Crippen LogP contribution in [0, 0.1) is 17.0 Å². The lowest BCUT2D eigenvalue weighted by Crippen LogP contribution is -2.35. The van der Waals surface area contributed by atoms with E-state index in [0.29, 0.717) is 0 Å². The Morgan fingerprint density at radius 2 is 2.00 bits per heavy atom. The molecule has 20 heavy (non-hydrogen) atoms. The molecule has 108 valence electrons. The summed E-state index contributed by atoms with van der Waals surface area (Å²) in [6.45, 7) is 3.06. The normalized spacial score (nSPS) is 11.6. The van der Waals surface area contributed by atoms with Crippen molar-refractivity contribution in [2.75, 3.05) is 12.4 Å². The number of nitro groups is 1. The summed E-state index contributed by atoms with van der Waals surface area (Å²) in [7, 11) is 1.46. The van der Waals surface area contributed by atoms with Crippen molar-refractivity contribution in [1.82, 2.24) is 5.32 Å². The van der Waals surface area contributed by atoms with E-state index < -0.39 is 16.9 Å². The van der Waals surface area contributed by atoms with E-state index in [4.69, 9.17) is 5.11 Å². The van der Waals surface area contributed by atoms with Gasteiger partial charge in [0.2, 0.25) is 5.91 Å². The second kappa shape index (κ2) is 6.00. The number of nitro benzene ring substituents is 1. The van der Waals surface area contributed by atoms with E-state index in [9.17, 15) is 19.7 Å². The van der Waals surface area contributed by atoms with Gasteiger partial charge in [0.15, 0.2) is 0 Å². The van der Waals surface area contributed by atoms with E-state index in [1.807, 2.05) is 0 Å². The lowest BCUT2D eigenvalue weighted by Gasteiger charge is -2.16. The molecule has 0 aliphatic carbocycles. The number of carbonyl (C=O) groups is 2. The molecule has 0 heterocycles. The first-order valence-corrected chi connectivity index (χ1v) is 5.78. The molecule has 1 rings (SSSR count). The zero-order chi connectivity index (χ0) is 15.4. The molecule has 8 nitrogen and oxygen atoms in total. The second-order valence-corrected chi connectivity index (χ2v) is 4.21. The van der Waals surface area contributed by atoms with Crippen molar-refractivity contribution in [3.8, 4) is 0 Å². The minimum absolute atomic E-state index is 0.214. The smallest absolute Gasteiger partial charge is 0.336 e. The minimum atomic E-state index is -1.27. The number of benzene rings is 1. The van der Waals surface area contributed by atoms with Gasteiger partial charge in [-0.25, -0.2) is 4.79 Å². The Kier molecular flexibility index (Phi) is 4.63. The largest absolute Gasteiger partial charge is 0.478 e. The van der Waals surface area contributed by atoms with Gasteiger partial charge < -0.3 is 15.7 Å². The van der Waals surface area contributed by atoms with Gasteiger partial charge in [0.1, 0.15) is 6.04 Å². The summed E-state index contributed by atoms with van der Waals surface area (Å²) < 4.78 is 0. The van der Waals surface area contributed by atoms with Gasteiger partial charge in [-0.05, 0) is 19.9 Å². The number of aromatic carboxylic acids is 1. The number of likely N-dealkylation sites (N-methyl/N-ethyl adjacent to an activating group) is 1. The van der Waals surface area contributed by atoms with Gasteiger partial charge in [-0.2, -0.15) is 0 Å². The van der Waals surface area contributed by atoms with Crippen molar-refractivity contribution in [2.45, 2.75) is 19.9 Å². The second-order valence-electron chi connectivity index (χ2n) is 4.21. The molecular formula is C12H15N3O5. The number of nitrogens with one attached hydrogen (secondary N) is 2. The molecule has 0 aromatic heterocycles. The maximum atomic E-state index is 11.4. The van der Waals surface area contributed by atoms with E-state index in [-0.39, 0.29) is 28.4 Å². The fraction of sp³-hybridized carbons (Fsp3) is 0.333. The maximum Gasteiger partial charge on any atom is 0.336 e. The quantitative estimate of drug-likeness (QED) is 0.549. The van der Waals surface area contributed by atoms with Crippen LogP contribution in [-0.4, -0.2) is 35.0 Å². The fourth-order valence-electron chi connectivity index (χ4n) is 1.68. The molecule has 1 atom stereocenters. The van der Waals surface area contributed by atoms with E-state index in [1.165, 1.54) is 20.0 Å². The summed E-state index contributed by atoms with van der Waals surface area (Å²) in [5.41, 5.74) is -0.00568. The molecule has 1 aromatic carbocycles. The molecule has 0 saturated heterocycles. The number of carboxylic acids is 1. The number of amides is 1. The molecule has 0 fully saturated rings. The van der Waals surface area contributed by atoms with Crippen LogP contribution in [0.25, 0.3) is 0 Å². The average Bonchev–Trinajstić information content (AvgIpc) is 2.39. The number of nitrogens with zero attached hydrogens (tertiary/aromatic N) is 1. The van der Waals surface area contributed by atoms with Crippen LogP contribution in [0.2, 0.25) is 0 Å². The molecule has 0 spiro atoms. The summed E-state index contributed by atoms with van der Waals surface area (Å²) in [5.74, 6) is -1.59. The van der Waals surface area contributed by atoms with Gasteiger partial charge in [-0.15, -0.1) is 0 Å². The number of hydrogen-bond donors (Lipinski definition) is 3. The predicted molar refractivity (Wildman–Crippen MR) is 71.9 cm³/mol. The van der Waals surface area contributed by atoms with Crippen LogP contribution in [0.3, 0.4) is 0 Å². The SMILES string of the molecule is CNC(=O)C(C)Nc1cc(C(=O)O)cc([N+](=O)[O-])c1C. The summed E-state index contributed by atoms with van der Waals surface area (Å²) in [6, 6.07) is 1.61. The molecule has 1 unspecified atom stereocenters. The topological polar surface area (TPSA) is 122 Å². The van der Waals surface area contributed by atoms with E-state index in [0.717, 1.165) is 6.07 Å². The van der Waals surface area contributed by atoms with Crippen molar-refractivity contribution < 1.29 is 19.6 Å². The van der Waals surface area contributed by atoms with Crippen molar-refractivity contribution in [3.05, 3.63) is 33.4 Å². The van der Waals surface area contributed by atoms with Crippen LogP contribution < -0.4 is 10.6 Å². The zero-order valence-electron chi connectivity index (χ0n) is 11.3. The van der Waals surface area contributed by atoms with Gasteiger partial charge in [0.05, 0.1) is 10.5 Å². The van der Waals surface area contributed by atoms with Gasteiger partial charge in [-0.1, -0.05) is 0 Å². The van der Waals surface area contributed by atoms with Crippen molar-refractivity contribution in [2.24, 2.45) is 0 Å². The summed E-state index contributed by atoms with van der Waals surface area (Å²) in [5, 5.41) is 25.1. The Bertz CT molecular complexity index is 570. The van der Waals surface area contributed by atoms with Gasteiger partial charge >= 0.3 is 5.97 Å². The van der Waals surface area contributed by atoms with Crippen LogP contribution in [-0.2, 0) is 4.79 Å². The van der Waals surface area contributed by atoms with Crippen LogP contribution in [0.1, 0.15) is 22.8 Å². The first-order chi connectivity index (χ1) is 9.27. The van der Waals surface area contributed by atoms with Gasteiger partial charge in [0.25, 0.3) is 5.69 Å². The number of carbonyl (C=O) groups excluding carboxylic acids is 1.